The van der Waals surface area contributed by atoms with Crippen molar-refractivity contribution in [3.05, 3.63) is 53.9 Å². The van der Waals surface area contributed by atoms with Crippen LogP contribution in [0.3, 0.4) is 0 Å². The highest BCUT2D eigenvalue weighted by Gasteiger charge is 2.16. The van der Waals surface area contributed by atoms with E-state index in [0.717, 1.165) is 16.6 Å². The van der Waals surface area contributed by atoms with Crippen molar-refractivity contribution in [1.29, 1.82) is 0 Å². The van der Waals surface area contributed by atoms with Gasteiger partial charge in [0.2, 0.25) is 6.79 Å². The van der Waals surface area contributed by atoms with E-state index in [1.807, 2.05) is 18.2 Å². The summed E-state index contributed by atoms with van der Waals surface area (Å²) in [6, 6.07) is 11.0. The number of carbonyl (C=O) groups is 1. The number of aromatic amines is 1. The fourth-order valence-corrected chi connectivity index (χ4v) is 2.41. The molecule has 1 aliphatic heterocycles. The molecule has 2 aromatic carbocycles. The number of nitrogens with zero attached hydrogens (tertiary/aromatic N) is 1. The Kier molecular flexibility index (Phi) is 2.93. The number of nitrogens with one attached hydrogen (secondary N) is 2. The molecule has 110 valence electrons. The zero-order valence-electron chi connectivity index (χ0n) is 11.6. The first-order valence-electron chi connectivity index (χ1n) is 6.89. The molecule has 0 atom stereocenters. The molecule has 1 aromatic heterocycles. The molecule has 6 heteroatoms. The van der Waals surface area contributed by atoms with Gasteiger partial charge >= 0.3 is 0 Å². The molecule has 1 aliphatic rings. The van der Waals surface area contributed by atoms with E-state index in [-0.39, 0.29) is 12.7 Å². The van der Waals surface area contributed by atoms with E-state index in [2.05, 4.69) is 15.3 Å². The van der Waals surface area contributed by atoms with Gasteiger partial charge in [-0.05, 0) is 35.9 Å². The lowest BCUT2D eigenvalue weighted by Gasteiger charge is -2.06. The lowest BCUT2D eigenvalue weighted by molar-refractivity contribution is 0.0950. The Bertz CT molecular complexity index is 857. The van der Waals surface area contributed by atoms with Crippen LogP contribution in [0.15, 0.2) is 42.7 Å². The van der Waals surface area contributed by atoms with E-state index >= 15 is 0 Å². The summed E-state index contributed by atoms with van der Waals surface area (Å²) in [6.07, 6.45) is 1.65. The normalized spacial score (nSPS) is 12.5. The van der Waals surface area contributed by atoms with Crippen LogP contribution in [0.4, 0.5) is 0 Å². The number of hydrogen-bond acceptors (Lipinski definition) is 4. The molecule has 6 nitrogen and oxygen atoms in total. The monoisotopic (exact) mass is 295 g/mol. The molecule has 1 amide bonds. The SMILES string of the molecule is O=C(NCc1ccc2nc[nH]c2c1)c1ccc2c(c1)OCO2. The van der Waals surface area contributed by atoms with Crippen LogP contribution in [-0.4, -0.2) is 22.7 Å². The van der Waals surface area contributed by atoms with Crippen LogP contribution in [0.25, 0.3) is 11.0 Å². The van der Waals surface area contributed by atoms with Crippen molar-refractivity contribution in [1.82, 2.24) is 15.3 Å². The van der Waals surface area contributed by atoms with Gasteiger partial charge in [0.05, 0.1) is 17.4 Å². The van der Waals surface area contributed by atoms with Gasteiger partial charge < -0.3 is 19.8 Å². The summed E-state index contributed by atoms with van der Waals surface area (Å²) in [5.41, 5.74) is 3.42. The Morgan fingerprint density at radius 1 is 1.18 bits per heavy atom. The Balaban J connectivity index is 1.47. The molecule has 0 saturated heterocycles. The van der Waals surface area contributed by atoms with Gasteiger partial charge in [-0.2, -0.15) is 0 Å². The molecule has 2 N–H and O–H groups in total. The summed E-state index contributed by atoms with van der Waals surface area (Å²) in [4.78, 5) is 19.4. The number of amides is 1. The third-order valence-corrected chi connectivity index (χ3v) is 3.57. The maximum Gasteiger partial charge on any atom is 0.251 e. The van der Waals surface area contributed by atoms with Crippen molar-refractivity contribution in [2.24, 2.45) is 0 Å². The molecule has 0 spiro atoms. The standard InChI is InChI=1S/C16H13N3O3/c20-16(11-2-4-14-15(6-11)22-9-21-14)17-7-10-1-3-12-13(5-10)19-8-18-12/h1-6,8H,7,9H2,(H,17,20)(H,18,19). The molecular weight excluding hydrogens is 282 g/mol. The Morgan fingerprint density at radius 2 is 2.09 bits per heavy atom. The maximum atomic E-state index is 12.2. The highest BCUT2D eigenvalue weighted by atomic mass is 16.7. The molecular formula is C16H13N3O3. The van der Waals surface area contributed by atoms with Crippen LogP contribution >= 0.6 is 0 Å². The van der Waals surface area contributed by atoms with Gasteiger partial charge in [-0.3, -0.25) is 4.79 Å². The first kappa shape index (κ1) is 12.7. The zero-order valence-corrected chi connectivity index (χ0v) is 11.6. The van der Waals surface area contributed by atoms with Gasteiger partial charge in [-0.15, -0.1) is 0 Å². The van der Waals surface area contributed by atoms with Crippen molar-refractivity contribution in [3.63, 3.8) is 0 Å². The summed E-state index contributed by atoms with van der Waals surface area (Å²) < 4.78 is 10.5. The number of H-pyrrole nitrogens is 1. The summed E-state index contributed by atoms with van der Waals surface area (Å²) in [6.45, 7) is 0.646. The quantitative estimate of drug-likeness (QED) is 0.777. The Labute approximate surface area is 126 Å². The van der Waals surface area contributed by atoms with Crippen LogP contribution in [0, 0.1) is 0 Å². The van der Waals surface area contributed by atoms with Crippen molar-refractivity contribution >= 4 is 16.9 Å². The van der Waals surface area contributed by atoms with E-state index in [9.17, 15) is 4.79 Å². The molecule has 0 fully saturated rings. The van der Waals surface area contributed by atoms with Crippen LogP contribution < -0.4 is 14.8 Å². The summed E-state index contributed by atoms with van der Waals surface area (Å²) >= 11 is 0. The fraction of sp³-hybridized carbons (Fsp3) is 0.125. The molecule has 22 heavy (non-hydrogen) atoms. The minimum absolute atomic E-state index is 0.150. The molecule has 0 aliphatic carbocycles. The number of benzene rings is 2. The largest absolute Gasteiger partial charge is 0.454 e. The Hall–Kier alpha value is -3.02. The number of aromatic nitrogens is 2. The topological polar surface area (TPSA) is 76.2 Å². The number of ether oxygens (including phenoxy) is 2. The fourth-order valence-electron chi connectivity index (χ4n) is 2.41. The van der Waals surface area contributed by atoms with Crippen molar-refractivity contribution in [2.45, 2.75) is 6.54 Å². The molecule has 0 radical (unpaired) electrons. The third kappa shape index (κ3) is 2.24. The first-order valence-corrected chi connectivity index (χ1v) is 6.89. The summed E-state index contributed by atoms with van der Waals surface area (Å²) in [5, 5.41) is 2.89. The van der Waals surface area contributed by atoms with Crippen LogP contribution in [-0.2, 0) is 6.54 Å². The van der Waals surface area contributed by atoms with E-state index in [1.54, 1.807) is 24.5 Å². The van der Waals surface area contributed by atoms with Gasteiger partial charge in [0.25, 0.3) is 5.91 Å². The number of rotatable bonds is 3. The number of imidazole rings is 1. The van der Waals surface area contributed by atoms with Gasteiger partial charge in [0, 0.05) is 12.1 Å². The van der Waals surface area contributed by atoms with E-state index < -0.39 is 0 Å². The lowest BCUT2D eigenvalue weighted by atomic mass is 10.1. The molecule has 4 rings (SSSR count). The highest BCUT2D eigenvalue weighted by Crippen LogP contribution is 2.32. The van der Waals surface area contributed by atoms with E-state index in [1.165, 1.54) is 0 Å². The van der Waals surface area contributed by atoms with E-state index in [0.29, 0.717) is 23.6 Å². The zero-order chi connectivity index (χ0) is 14.9. The van der Waals surface area contributed by atoms with Crippen LogP contribution in [0.5, 0.6) is 11.5 Å². The number of hydrogen-bond donors (Lipinski definition) is 2. The smallest absolute Gasteiger partial charge is 0.251 e. The Morgan fingerprint density at radius 3 is 3.05 bits per heavy atom. The third-order valence-electron chi connectivity index (χ3n) is 3.57. The van der Waals surface area contributed by atoms with Gasteiger partial charge in [-0.25, -0.2) is 4.98 Å². The van der Waals surface area contributed by atoms with E-state index in [4.69, 9.17) is 9.47 Å². The predicted molar refractivity (Wildman–Crippen MR) is 79.8 cm³/mol. The molecule has 2 heterocycles. The average Bonchev–Trinajstić information content (AvgIpc) is 3.19. The van der Waals surface area contributed by atoms with Gasteiger partial charge in [-0.1, -0.05) is 6.07 Å². The maximum absolute atomic E-state index is 12.2. The number of carbonyl (C=O) groups excluding carboxylic acids is 1. The predicted octanol–water partition coefficient (Wildman–Crippen LogP) is 2.22. The minimum Gasteiger partial charge on any atom is -0.454 e. The molecule has 3 aromatic rings. The van der Waals surface area contributed by atoms with Crippen molar-refractivity contribution in [3.8, 4) is 11.5 Å². The molecule has 0 bridgehead atoms. The summed E-state index contributed by atoms with van der Waals surface area (Å²) in [7, 11) is 0. The van der Waals surface area contributed by atoms with Gasteiger partial charge in [0.1, 0.15) is 0 Å². The van der Waals surface area contributed by atoms with Crippen molar-refractivity contribution in [2.75, 3.05) is 6.79 Å². The van der Waals surface area contributed by atoms with Crippen LogP contribution in [0.1, 0.15) is 15.9 Å². The van der Waals surface area contributed by atoms with Crippen molar-refractivity contribution < 1.29 is 14.3 Å². The molecule has 0 saturated carbocycles. The highest BCUT2D eigenvalue weighted by molar-refractivity contribution is 5.95. The van der Waals surface area contributed by atoms with Gasteiger partial charge in [0.15, 0.2) is 11.5 Å². The summed E-state index contributed by atoms with van der Waals surface area (Å²) in [5.74, 6) is 1.12. The minimum atomic E-state index is -0.150. The second-order valence-corrected chi connectivity index (χ2v) is 5.00. The first-order chi connectivity index (χ1) is 10.8. The lowest BCUT2D eigenvalue weighted by Crippen LogP contribution is -2.22. The second kappa shape index (κ2) is 5.07. The number of fused-ring (bicyclic) bond motifs is 2. The van der Waals surface area contributed by atoms with Crippen LogP contribution in [0.2, 0.25) is 0 Å². The average molecular weight is 295 g/mol. The molecule has 0 unspecified atom stereocenters. The second-order valence-electron chi connectivity index (χ2n) is 5.00.